The maximum absolute atomic E-state index is 12.9. The number of para-hydroxylation sites is 1. The van der Waals surface area contributed by atoms with Crippen LogP contribution < -0.4 is 5.32 Å². The van der Waals surface area contributed by atoms with Crippen LogP contribution in [0.25, 0.3) is 22.2 Å². The van der Waals surface area contributed by atoms with Crippen LogP contribution in [0.5, 0.6) is 0 Å². The van der Waals surface area contributed by atoms with Gasteiger partial charge in [0.1, 0.15) is 5.76 Å². The van der Waals surface area contributed by atoms with Crippen molar-refractivity contribution in [1.82, 2.24) is 20.4 Å². The molecule has 0 spiro atoms. The van der Waals surface area contributed by atoms with Gasteiger partial charge in [-0.05, 0) is 44.5 Å². The lowest BCUT2D eigenvalue weighted by Gasteiger charge is -2.10. The van der Waals surface area contributed by atoms with Gasteiger partial charge in [0.2, 0.25) is 0 Å². The fourth-order valence-electron chi connectivity index (χ4n) is 3.28. The van der Waals surface area contributed by atoms with E-state index in [4.69, 9.17) is 9.51 Å². The van der Waals surface area contributed by atoms with E-state index in [0.29, 0.717) is 18.5 Å². The van der Waals surface area contributed by atoms with E-state index in [2.05, 4.69) is 15.5 Å². The average Bonchev–Trinajstić information content (AvgIpc) is 3.05. The Morgan fingerprint density at radius 3 is 2.75 bits per heavy atom. The van der Waals surface area contributed by atoms with Gasteiger partial charge in [0, 0.05) is 35.5 Å². The van der Waals surface area contributed by atoms with Crippen molar-refractivity contribution in [3.05, 3.63) is 77.4 Å². The molecule has 0 atom stereocenters. The van der Waals surface area contributed by atoms with E-state index in [0.717, 1.165) is 39.2 Å². The molecule has 1 aromatic carbocycles. The molecule has 6 heteroatoms. The molecule has 0 radical (unpaired) electrons. The molecular formula is C22H20N4O2. The largest absolute Gasteiger partial charge is 0.361 e. The molecule has 0 aliphatic heterocycles. The third kappa shape index (κ3) is 3.49. The highest BCUT2D eigenvalue weighted by atomic mass is 16.5. The number of aryl methyl sites for hydroxylation is 2. The van der Waals surface area contributed by atoms with E-state index in [1.807, 2.05) is 56.3 Å². The third-order valence-electron chi connectivity index (χ3n) is 4.76. The molecule has 3 aromatic heterocycles. The molecule has 4 aromatic rings. The zero-order valence-corrected chi connectivity index (χ0v) is 15.8. The predicted molar refractivity (Wildman–Crippen MR) is 107 cm³/mol. The summed E-state index contributed by atoms with van der Waals surface area (Å²) in [5.41, 5.74) is 4.87. The Hall–Kier alpha value is -3.54. The summed E-state index contributed by atoms with van der Waals surface area (Å²) in [4.78, 5) is 21.8. The molecule has 4 rings (SSSR count). The molecule has 0 saturated heterocycles. The van der Waals surface area contributed by atoms with E-state index >= 15 is 0 Å². The molecule has 1 amide bonds. The number of amides is 1. The number of hydrogen-bond acceptors (Lipinski definition) is 5. The van der Waals surface area contributed by atoms with Crippen molar-refractivity contribution < 1.29 is 9.32 Å². The van der Waals surface area contributed by atoms with Crippen LogP contribution in [0.1, 0.15) is 27.4 Å². The fraction of sp³-hybridized carbons (Fsp3) is 0.182. The zero-order chi connectivity index (χ0) is 19.5. The first kappa shape index (κ1) is 17.9. The van der Waals surface area contributed by atoms with Gasteiger partial charge in [-0.3, -0.25) is 9.78 Å². The van der Waals surface area contributed by atoms with Crippen molar-refractivity contribution in [2.45, 2.75) is 20.3 Å². The monoisotopic (exact) mass is 372 g/mol. The second-order valence-corrected chi connectivity index (χ2v) is 6.62. The van der Waals surface area contributed by atoms with Crippen LogP contribution in [0.3, 0.4) is 0 Å². The highest BCUT2D eigenvalue weighted by Gasteiger charge is 2.15. The fourth-order valence-corrected chi connectivity index (χ4v) is 3.28. The van der Waals surface area contributed by atoms with E-state index in [1.54, 1.807) is 12.4 Å². The van der Waals surface area contributed by atoms with Crippen LogP contribution in [-0.4, -0.2) is 27.6 Å². The molecule has 0 aliphatic carbocycles. The van der Waals surface area contributed by atoms with Gasteiger partial charge in [-0.25, -0.2) is 4.98 Å². The topological polar surface area (TPSA) is 80.9 Å². The van der Waals surface area contributed by atoms with Crippen LogP contribution in [-0.2, 0) is 6.42 Å². The Morgan fingerprint density at radius 1 is 1.14 bits per heavy atom. The van der Waals surface area contributed by atoms with Crippen LogP contribution in [0, 0.1) is 13.8 Å². The van der Waals surface area contributed by atoms with Crippen LogP contribution in [0.15, 0.2) is 59.4 Å². The number of aromatic nitrogens is 3. The molecule has 0 unspecified atom stereocenters. The van der Waals surface area contributed by atoms with Gasteiger partial charge in [-0.15, -0.1) is 0 Å². The van der Waals surface area contributed by atoms with Crippen molar-refractivity contribution in [2.24, 2.45) is 0 Å². The summed E-state index contributed by atoms with van der Waals surface area (Å²) in [5.74, 6) is 0.662. The van der Waals surface area contributed by atoms with Crippen LogP contribution >= 0.6 is 0 Å². The lowest BCUT2D eigenvalue weighted by atomic mass is 10.0. The minimum Gasteiger partial charge on any atom is -0.361 e. The number of benzene rings is 1. The first-order valence-corrected chi connectivity index (χ1v) is 9.13. The SMILES string of the molecule is Cc1noc(C)c1CCNC(=O)c1cc(-c2cccnc2)nc2ccccc12. The van der Waals surface area contributed by atoms with Gasteiger partial charge >= 0.3 is 0 Å². The molecule has 0 fully saturated rings. The maximum atomic E-state index is 12.9. The van der Waals surface area contributed by atoms with E-state index < -0.39 is 0 Å². The zero-order valence-electron chi connectivity index (χ0n) is 15.8. The molecule has 6 nitrogen and oxygen atoms in total. The summed E-state index contributed by atoms with van der Waals surface area (Å²) in [6, 6.07) is 13.3. The van der Waals surface area contributed by atoms with Gasteiger partial charge in [0.15, 0.2) is 0 Å². The molecule has 0 aliphatic rings. The van der Waals surface area contributed by atoms with E-state index in [9.17, 15) is 4.79 Å². The molecule has 28 heavy (non-hydrogen) atoms. The molecule has 3 heterocycles. The quantitative estimate of drug-likeness (QED) is 0.575. The highest BCUT2D eigenvalue weighted by molar-refractivity contribution is 6.07. The molecule has 140 valence electrons. The Morgan fingerprint density at radius 2 is 2.00 bits per heavy atom. The number of carbonyl (C=O) groups excluding carboxylic acids is 1. The number of carbonyl (C=O) groups is 1. The Bertz CT molecular complexity index is 1120. The summed E-state index contributed by atoms with van der Waals surface area (Å²) in [6.07, 6.45) is 4.13. The van der Waals surface area contributed by atoms with Crippen LogP contribution in [0.2, 0.25) is 0 Å². The normalized spacial score (nSPS) is 10.9. The lowest BCUT2D eigenvalue weighted by Crippen LogP contribution is -2.26. The first-order chi connectivity index (χ1) is 13.6. The number of rotatable bonds is 5. The van der Waals surface area contributed by atoms with Gasteiger partial charge in [0.05, 0.1) is 22.5 Å². The third-order valence-corrected chi connectivity index (χ3v) is 4.76. The first-order valence-electron chi connectivity index (χ1n) is 9.13. The summed E-state index contributed by atoms with van der Waals surface area (Å²) in [7, 11) is 0. The average molecular weight is 372 g/mol. The second-order valence-electron chi connectivity index (χ2n) is 6.62. The summed E-state index contributed by atoms with van der Waals surface area (Å²) in [5, 5.41) is 7.79. The molecule has 1 N–H and O–H groups in total. The second kappa shape index (κ2) is 7.60. The maximum Gasteiger partial charge on any atom is 0.252 e. The predicted octanol–water partition coefficient (Wildman–Crippen LogP) is 3.87. The van der Waals surface area contributed by atoms with E-state index in [-0.39, 0.29) is 5.91 Å². The molecule has 0 saturated carbocycles. The minimum atomic E-state index is -0.129. The van der Waals surface area contributed by atoms with Gasteiger partial charge in [0.25, 0.3) is 5.91 Å². The van der Waals surface area contributed by atoms with Gasteiger partial charge < -0.3 is 9.84 Å². The summed E-state index contributed by atoms with van der Waals surface area (Å²) in [6.45, 7) is 4.29. The van der Waals surface area contributed by atoms with Crippen molar-refractivity contribution in [2.75, 3.05) is 6.54 Å². The standard InChI is InChI=1S/C22H20N4O2/c1-14-17(15(2)28-26-14)9-11-24-22(27)19-12-21(16-6-5-10-23-13-16)25-20-8-4-3-7-18(19)20/h3-8,10,12-13H,9,11H2,1-2H3,(H,24,27). The Kier molecular flexibility index (Phi) is 4.85. The smallest absolute Gasteiger partial charge is 0.252 e. The van der Waals surface area contributed by atoms with E-state index in [1.165, 1.54) is 0 Å². The molecular weight excluding hydrogens is 352 g/mol. The number of pyridine rings is 2. The van der Waals surface area contributed by atoms with Gasteiger partial charge in [-0.1, -0.05) is 23.4 Å². The number of hydrogen-bond donors (Lipinski definition) is 1. The minimum absolute atomic E-state index is 0.129. The highest BCUT2D eigenvalue weighted by Crippen LogP contribution is 2.24. The molecule has 0 bridgehead atoms. The number of nitrogens with one attached hydrogen (secondary N) is 1. The lowest BCUT2D eigenvalue weighted by molar-refractivity contribution is 0.0955. The Balaban J connectivity index is 1.62. The van der Waals surface area contributed by atoms with Crippen molar-refractivity contribution in [3.8, 4) is 11.3 Å². The Labute approximate surface area is 162 Å². The van der Waals surface area contributed by atoms with Crippen LogP contribution in [0.4, 0.5) is 0 Å². The number of fused-ring (bicyclic) bond motifs is 1. The summed E-state index contributed by atoms with van der Waals surface area (Å²) >= 11 is 0. The van der Waals surface area contributed by atoms with Gasteiger partial charge in [-0.2, -0.15) is 0 Å². The van der Waals surface area contributed by atoms with Crippen molar-refractivity contribution >= 4 is 16.8 Å². The van der Waals surface area contributed by atoms with Crippen molar-refractivity contribution in [1.29, 1.82) is 0 Å². The summed E-state index contributed by atoms with van der Waals surface area (Å²) < 4.78 is 5.18. The van der Waals surface area contributed by atoms with Crippen molar-refractivity contribution in [3.63, 3.8) is 0 Å². The number of nitrogens with zero attached hydrogens (tertiary/aromatic N) is 3.